The Labute approximate surface area is 48.3 Å². The van der Waals surface area contributed by atoms with Crippen molar-refractivity contribution < 1.29 is 20.3 Å². The first-order valence-corrected chi connectivity index (χ1v) is 4.46. The van der Waals surface area contributed by atoms with E-state index in [1.807, 2.05) is 0 Å². The molecule has 0 rings (SSSR count). The van der Waals surface area contributed by atoms with Crippen LogP contribution in [0.1, 0.15) is 1.43 Å². The Kier molecular flexibility index (Phi) is 8.82. The van der Waals surface area contributed by atoms with E-state index in [2.05, 4.69) is 13.1 Å². The van der Waals surface area contributed by atoms with Crippen LogP contribution in [0.5, 0.6) is 0 Å². The average molecular weight is 83.1 g/mol. The summed E-state index contributed by atoms with van der Waals surface area (Å²) in [5.41, 5.74) is 0. The van der Waals surface area contributed by atoms with Gasteiger partial charge >= 0.3 is 18.9 Å². The molecule has 0 fully saturated rings. The van der Waals surface area contributed by atoms with Gasteiger partial charge in [-0.1, -0.05) is 13.1 Å². The Morgan fingerprint density at radius 1 is 1.60 bits per heavy atom. The van der Waals surface area contributed by atoms with E-state index in [1.165, 1.54) is 0 Å². The van der Waals surface area contributed by atoms with Crippen molar-refractivity contribution in [2.45, 2.75) is 13.1 Å². The normalized spacial score (nSPS) is 7.20. The molecule has 0 aromatic carbocycles. The van der Waals surface area contributed by atoms with Gasteiger partial charge in [0.15, 0.2) is 0 Å². The summed E-state index contributed by atoms with van der Waals surface area (Å²) in [4.78, 5) is 0. The van der Waals surface area contributed by atoms with Crippen LogP contribution in [0.25, 0.3) is 0 Å². The van der Waals surface area contributed by atoms with Gasteiger partial charge in [0.2, 0.25) is 0 Å². The topological polar surface area (TPSA) is 26.0 Å². The zero-order chi connectivity index (χ0) is 3.58. The fourth-order valence-electron chi connectivity index (χ4n) is 0. The fraction of sp³-hybridized carbons (Fsp3) is 1.00. The molecule has 0 amide bonds. The Morgan fingerprint density at radius 2 is 1.60 bits per heavy atom. The second-order valence-corrected chi connectivity index (χ2v) is 3.73. The van der Waals surface area contributed by atoms with Gasteiger partial charge < -0.3 is 6.83 Å². The van der Waals surface area contributed by atoms with Crippen LogP contribution in [0, 0.1) is 0 Å². The molecular formula is C2H10LiNSi. The molecular weight excluding hydrogens is 73.1 g/mol. The molecule has 0 aromatic heterocycles. The van der Waals surface area contributed by atoms with Crippen LogP contribution in [0.3, 0.4) is 0 Å². The van der Waals surface area contributed by atoms with E-state index in [1.54, 1.807) is 0 Å². The van der Waals surface area contributed by atoms with Gasteiger partial charge in [-0.05, 0) is 0 Å². The summed E-state index contributed by atoms with van der Waals surface area (Å²) in [6.07, 6.45) is 0. The number of hydrogen-bond donors (Lipinski definition) is 1. The predicted molar refractivity (Wildman–Crippen MR) is 24.2 cm³/mol. The van der Waals surface area contributed by atoms with Crippen LogP contribution < -0.4 is 24.3 Å². The van der Waals surface area contributed by atoms with E-state index >= 15 is 0 Å². The Hall–Kier alpha value is 0.774. The minimum atomic E-state index is -0.639. The molecule has 1 nitrogen and oxygen atoms in total. The Balaban J connectivity index is -0.0000000450. The Morgan fingerprint density at radius 3 is 1.60 bits per heavy atom. The molecule has 5 heavy (non-hydrogen) atoms. The third kappa shape index (κ3) is 61.3. The number of hydrogen-bond acceptors (Lipinski definition) is 1. The summed E-state index contributed by atoms with van der Waals surface area (Å²) in [5.74, 6) is 0. The number of rotatable bonds is 0. The third-order valence-electron chi connectivity index (χ3n) is 0. The van der Waals surface area contributed by atoms with Crippen LogP contribution >= 0.6 is 0 Å². The van der Waals surface area contributed by atoms with Gasteiger partial charge in [-0.2, -0.15) is 0 Å². The van der Waals surface area contributed by atoms with Crippen molar-refractivity contribution in [1.82, 2.24) is 0 Å². The SMILES string of the molecule is C[SiH](C)N.[H-].[Li+]. The van der Waals surface area contributed by atoms with Gasteiger partial charge in [-0.15, -0.1) is 0 Å². The van der Waals surface area contributed by atoms with Gasteiger partial charge in [-0.3, -0.25) is 0 Å². The van der Waals surface area contributed by atoms with E-state index in [4.69, 9.17) is 5.40 Å². The van der Waals surface area contributed by atoms with Crippen LogP contribution in [0.4, 0.5) is 0 Å². The predicted octanol–water partition coefficient (Wildman–Crippen LogP) is -2.95. The summed E-state index contributed by atoms with van der Waals surface area (Å²) >= 11 is 0. The molecule has 0 aliphatic carbocycles. The summed E-state index contributed by atoms with van der Waals surface area (Å²) in [5, 5.41) is 5.25. The molecule has 0 atom stereocenters. The molecule has 0 aliphatic rings. The number of nitrogens with two attached hydrogens (primary N) is 1. The maximum Gasteiger partial charge on any atom is 1.00 e. The molecule has 0 aliphatic heterocycles. The minimum Gasteiger partial charge on any atom is -1.00 e. The van der Waals surface area contributed by atoms with Gasteiger partial charge in [0.05, 0.1) is 8.96 Å². The van der Waals surface area contributed by atoms with Crippen LogP contribution in [0.2, 0.25) is 13.1 Å². The van der Waals surface area contributed by atoms with E-state index in [-0.39, 0.29) is 20.3 Å². The molecule has 0 unspecified atom stereocenters. The molecule has 0 heterocycles. The molecule has 0 spiro atoms. The van der Waals surface area contributed by atoms with Gasteiger partial charge in [0, 0.05) is 0 Å². The zero-order valence-corrected chi connectivity index (χ0v) is 5.31. The molecule has 0 radical (unpaired) electrons. The van der Waals surface area contributed by atoms with Crippen molar-refractivity contribution in [3.05, 3.63) is 0 Å². The van der Waals surface area contributed by atoms with E-state index < -0.39 is 8.96 Å². The maximum atomic E-state index is 5.25. The molecule has 2 N–H and O–H groups in total. The largest absolute Gasteiger partial charge is 1.00 e. The Bertz CT molecular complexity index is 18.3. The molecule has 0 saturated heterocycles. The first-order chi connectivity index (χ1) is 1.73. The molecule has 0 bridgehead atoms. The van der Waals surface area contributed by atoms with Gasteiger partial charge in [-0.25, -0.2) is 0 Å². The van der Waals surface area contributed by atoms with Crippen LogP contribution in [-0.4, -0.2) is 8.96 Å². The van der Waals surface area contributed by atoms with E-state index in [0.29, 0.717) is 0 Å². The van der Waals surface area contributed by atoms with Crippen LogP contribution in [-0.2, 0) is 0 Å². The van der Waals surface area contributed by atoms with Crippen molar-refractivity contribution in [3.63, 3.8) is 0 Å². The zero-order valence-electron chi connectivity index (χ0n) is 5.15. The first-order valence-electron chi connectivity index (χ1n) is 1.49. The molecule has 0 aromatic rings. The first kappa shape index (κ1) is 9.24. The van der Waals surface area contributed by atoms with Crippen molar-refractivity contribution in [2.75, 3.05) is 0 Å². The van der Waals surface area contributed by atoms with Crippen LogP contribution in [0.15, 0.2) is 0 Å². The minimum absolute atomic E-state index is 0. The monoisotopic (exact) mass is 83.1 g/mol. The standard InChI is InChI=1S/C2H9NSi.Li.H/c1-4(2)3;;/h4H,3H2,1-2H3;;/q;+1;-1. The molecule has 0 saturated carbocycles. The molecule has 28 valence electrons. The van der Waals surface area contributed by atoms with E-state index in [9.17, 15) is 0 Å². The van der Waals surface area contributed by atoms with E-state index in [0.717, 1.165) is 0 Å². The molecule has 3 heteroatoms. The van der Waals surface area contributed by atoms with Gasteiger partial charge in [0.25, 0.3) is 0 Å². The second kappa shape index (κ2) is 4.77. The summed E-state index contributed by atoms with van der Waals surface area (Å²) in [7, 11) is -0.639. The third-order valence-corrected chi connectivity index (χ3v) is 0. The van der Waals surface area contributed by atoms with Crippen molar-refractivity contribution in [3.8, 4) is 0 Å². The summed E-state index contributed by atoms with van der Waals surface area (Å²) in [6.45, 7) is 4.17. The van der Waals surface area contributed by atoms with Crippen molar-refractivity contribution >= 4 is 8.96 Å². The van der Waals surface area contributed by atoms with Crippen molar-refractivity contribution in [1.29, 1.82) is 0 Å². The fourth-order valence-corrected chi connectivity index (χ4v) is 0. The average Bonchev–Trinajstić information content (AvgIpc) is 0.811. The van der Waals surface area contributed by atoms with Crippen molar-refractivity contribution in [2.24, 2.45) is 5.40 Å². The van der Waals surface area contributed by atoms with Gasteiger partial charge in [0.1, 0.15) is 0 Å². The smallest absolute Gasteiger partial charge is 1.00 e. The maximum absolute atomic E-state index is 5.25. The second-order valence-electron chi connectivity index (χ2n) is 1.24. The summed E-state index contributed by atoms with van der Waals surface area (Å²) in [6, 6.07) is 0. The quantitative estimate of drug-likeness (QED) is 0.311. The summed E-state index contributed by atoms with van der Waals surface area (Å²) < 4.78 is 0.